The Kier molecular flexibility index (Phi) is 8.89. The molecule has 0 fully saturated rings. The van der Waals surface area contributed by atoms with Crippen LogP contribution in [0, 0.1) is 0 Å². The maximum atomic E-state index is 12.7. The van der Waals surface area contributed by atoms with E-state index in [-0.39, 0.29) is 30.3 Å². The molecule has 0 amide bonds. The van der Waals surface area contributed by atoms with Crippen LogP contribution in [0.15, 0.2) is 51.7 Å². The molecule has 0 spiro atoms. The SMILES string of the molecule is CS(=O)(=O)[O-].C[N+](C)(C)CC(=O)c1ccc(Cl)cc1Cn1nc(-c2ccc(C(F)(F)F)cc2)oc1=O. The van der Waals surface area contributed by atoms with E-state index in [0.717, 1.165) is 16.8 Å². The van der Waals surface area contributed by atoms with Gasteiger partial charge in [-0.2, -0.15) is 17.9 Å². The number of nitrogens with zero attached hydrogens (tertiary/aromatic N) is 3. The number of aromatic nitrogens is 2. The Balaban J connectivity index is 0.000000830. The van der Waals surface area contributed by atoms with Gasteiger partial charge in [0.1, 0.15) is 6.54 Å². The van der Waals surface area contributed by atoms with E-state index in [4.69, 9.17) is 29.0 Å². The van der Waals surface area contributed by atoms with Gasteiger partial charge in [-0.15, -0.1) is 5.10 Å². The third-order valence-electron chi connectivity index (χ3n) is 4.37. The van der Waals surface area contributed by atoms with E-state index in [0.29, 0.717) is 26.9 Å². The Morgan fingerprint density at radius 2 is 1.69 bits per heavy atom. The van der Waals surface area contributed by atoms with Crippen molar-refractivity contribution in [3.05, 3.63) is 74.7 Å². The van der Waals surface area contributed by atoms with E-state index in [1.807, 2.05) is 21.1 Å². The standard InChI is InChI=1S/C21H20ClF3N3O3.CH4O3S/c1-28(2,3)12-18(29)17-9-8-16(22)10-14(17)11-27-20(30)31-19(26-27)13-4-6-15(7-5-13)21(23,24)25;1-5(2,3)4/h4-10H,11-12H2,1-3H3;1H3,(H,2,3,4)/q+1;/p-1. The van der Waals surface area contributed by atoms with Gasteiger partial charge in [-0.3, -0.25) is 4.79 Å². The maximum absolute atomic E-state index is 12.7. The zero-order valence-electron chi connectivity index (χ0n) is 19.7. The maximum Gasteiger partial charge on any atom is 0.437 e. The number of carbonyl (C=O) groups excluding carboxylic acids is 1. The lowest BCUT2D eigenvalue weighted by molar-refractivity contribution is -0.861. The number of carbonyl (C=O) groups is 1. The lowest BCUT2D eigenvalue weighted by Crippen LogP contribution is -2.39. The number of hydrogen-bond donors (Lipinski definition) is 0. The van der Waals surface area contributed by atoms with Gasteiger partial charge < -0.3 is 13.5 Å². The van der Waals surface area contributed by atoms with Crippen molar-refractivity contribution in [2.75, 3.05) is 33.9 Å². The van der Waals surface area contributed by atoms with E-state index in [1.54, 1.807) is 18.2 Å². The fourth-order valence-electron chi connectivity index (χ4n) is 2.97. The van der Waals surface area contributed by atoms with Gasteiger partial charge in [-0.1, -0.05) is 11.6 Å². The van der Waals surface area contributed by atoms with Gasteiger partial charge in [-0.05, 0) is 48.0 Å². The van der Waals surface area contributed by atoms with E-state index in [1.165, 1.54) is 12.1 Å². The predicted octanol–water partition coefficient (Wildman–Crippen LogP) is 3.27. The van der Waals surface area contributed by atoms with Gasteiger partial charge in [0.05, 0.1) is 43.4 Å². The normalized spacial score (nSPS) is 12.1. The summed E-state index contributed by atoms with van der Waals surface area (Å²) in [6, 6.07) is 8.87. The van der Waals surface area contributed by atoms with Gasteiger partial charge in [0.2, 0.25) is 11.7 Å². The summed E-state index contributed by atoms with van der Waals surface area (Å²) in [5.74, 6) is -1.06. The molecule has 0 radical (unpaired) electrons. The monoisotopic (exact) mass is 549 g/mol. The molecule has 1 aromatic heterocycles. The lowest BCUT2D eigenvalue weighted by atomic mass is 10.0. The highest BCUT2D eigenvalue weighted by Gasteiger charge is 2.30. The molecule has 0 atom stereocenters. The third-order valence-corrected chi connectivity index (χ3v) is 4.61. The van der Waals surface area contributed by atoms with Crippen LogP contribution in [0.5, 0.6) is 0 Å². The molecule has 0 aliphatic rings. The summed E-state index contributed by atoms with van der Waals surface area (Å²) in [7, 11) is 1.73. The number of alkyl halides is 3. The predicted molar refractivity (Wildman–Crippen MR) is 125 cm³/mol. The molecule has 0 saturated heterocycles. The molecular weight excluding hydrogens is 527 g/mol. The van der Waals surface area contributed by atoms with Crippen molar-refractivity contribution in [3.8, 4) is 11.5 Å². The molecule has 3 aromatic rings. The fraction of sp³-hybridized carbons (Fsp3) is 0.318. The third kappa shape index (κ3) is 9.22. The first-order valence-electron chi connectivity index (χ1n) is 10.1. The molecule has 2 aromatic carbocycles. The summed E-state index contributed by atoms with van der Waals surface area (Å²) < 4.78 is 72.0. The number of halogens is 4. The van der Waals surface area contributed by atoms with E-state index >= 15 is 0 Å². The molecule has 0 aliphatic carbocycles. The summed E-state index contributed by atoms with van der Waals surface area (Å²) in [5.41, 5.74) is 0.289. The summed E-state index contributed by atoms with van der Waals surface area (Å²) >= 11 is 6.08. The van der Waals surface area contributed by atoms with Crippen molar-refractivity contribution in [2.45, 2.75) is 12.7 Å². The average molecular weight is 550 g/mol. The zero-order chi connectivity index (χ0) is 27.5. The molecular formula is C22H23ClF3N3O6S. The summed E-state index contributed by atoms with van der Waals surface area (Å²) in [5, 5.41) is 4.46. The zero-order valence-corrected chi connectivity index (χ0v) is 21.2. The van der Waals surface area contributed by atoms with Crippen LogP contribution in [-0.2, 0) is 22.8 Å². The van der Waals surface area contributed by atoms with Gasteiger partial charge in [-0.25, -0.2) is 13.2 Å². The lowest BCUT2D eigenvalue weighted by Gasteiger charge is -2.23. The van der Waals surface area contributed by atoms with Crippen molar-refractivity contribution < 1.29 is 39.8 Å². The van der Waals surface area contributed by atoms with Crippen LogP contribution in [0.2, 0.25) is 5.02 Å². The minimum atomic E-state index is -4.47. The summed E-state index contributed by atoms with van der Waals surface area (Å²) in [4.78, 5) is 25.0. The van der Waals surface area contributed by atoms with Crippen molar-refractivity contribution in [1.29, 1.82) is 0 Å². The van der Waals surface area contributed by atoms with Crippen LogP contribution in [0.1, 0.15) is 21.5 Å². The Labute approximate surface area is 210 Å². The molecule has 0 aliphatic heterocycles. The van der Waals surface area contributed by atoms with Gasteiger partial charge in [0.15, 0.2) is 0 Å². The quantitative estimate of drug-likeness (QED) is 0.263. The van der Waals surface area contributed by atoms with E-state index in [9.17, 15) is 22.8 Å². The molecule has 36 heavy (non-hydrogen) atoms. The van der Waals surface area contributed by atoms with Crippen molar-refractivity contribution in [1.82, 2.24) is 9.78 Å². The van der Waals surface area contributed by atoms with Crippen molar-refractivity contribution in [3.63, 3.8) is 0 Å². The van der Waals surface area contributed by atoms with Crippen LogP contribution in [0.4, 0.5) is 13.2 Å². The first kappa shape index (κ1) is 29.2. The minimum absolute atomic E-state index is 0.0816. The largest absolute Gasteiger partial charge is 0.748 e. The highest BCUT2D eigenvalue weighted by atomic mass is 35.5. The summed E-state index contributed by atoms with van der Waals surface area (Å²) in [6.07, 6.45) is -3.87. The highest BCUT2D eigenvalue weighted by molar-refractivity contribution is 7.84. The van der Waals surface area contributed by atoms with Gasteiger partial charge in [0, 0.05) is 22.4 Å². The Hall–Kier alpha value is -3.00. The molecule has 196 valence electrons. The molecule has 0 bridgehead atoms. The number of ketones is 1. The Morgan fingerprint density at radius 3 is 2.19 bits per heavy atom. The van der Waals surface area contributed by atoms with Crippen LogP contribution in [0.25, 0.3) is 11.5 Å². The number of quaternary nitrogens is 1. The first-order valence-corrected chi connectivity index (χ1v) is 12.3. The van der Waals surface area contributed by atoms with E-state index < -0.39 is 27.6 Å². The van der Waals surface area contributed by atoms with Crippen molar-refractivity contribution >= 4 is 27.5 Å². The van der Waals surface area contributed by atoms with Crippen LogP contribution < -0.4 is 5.76 Å². The fourth-order valence-corrected chi connectivity index (χ4v) is 3.16. The van der Waals surface area contributed by atoms with E-state index in [2.05, 4.69) is 5.10 Å². The molecule has 0 saturated carbocycles. The molecule has 0 N–H and O–H groups in total. The average Bonchev–Trinajstić information content (AvgIpc) is 3.05. The summed E-state index contributed by atoms with van der Waals surface area (Å²) in [6.45, 7) is 0.154. The smallest absolute Gasteiger partial charge is 0.437 e. The molecule has 0 unspecified atom stereocenters. The highest BCUT2D eigenvalue weighted by Crippen LogP contribution is 2.30. The second-order valence-corrected chi connectivity index (χ2v) is 10.6. The second-order valence-electron chi connectivity index (χ2n) is 8.78. The molecule has 1 heterocycles. The van der Waals surface area contributed by atoms with Crippen molar-refractivity contribution in [2.24, 2.45) is 0 Å². The first-order chi connectivity index (χ1) is 16.3. The molecule has 3 rings (SSSR count). The molecule has 14 heteroatoms. The van der Waals surface area contributed by atoms with Crippen LogP contribution in [0.3, 0.4) is 0 Å². The Bertz CT molecular complexity index is 1380. The number of likely N-dealkylation sites (N-methyl/N-ethyl adjacent to an activating group) is 1. The van der Waals surface area contributed by atoms with Crippen LogP contribution >= 0.6 is 11.6 Å². The Morgan fingerprint density at radius 1 is 1.14 bits per heavy atom. The topological polar surface area (TPSA) is 122 Å². The second kappa shape index (κ2) is 10.9. The van der Waals surface area contributed by atoms with Gasteiger partial charge >= 0.3 is 11.9 Å². The minimum Gasteiger partial charge on any atom is -0.748 e. The molecule has 9 nitrogen and oxygen atoms in total. The number of rotatable bonds is 6. The van der Waals surface area contributed by atoms with Gasteiger partial charge in [0.25, 0.3) is 0 Å². The number of Topliss-reactive ketones (excluding diaryl/α,β-unsaturated/α-hetero) is 1. The number of benzene rings is 2. The van der Waals surface area contributed by atoms with Crippen LogP contribution in [-0.4, -0.2) is 67.0 Å². The number of hydrogen-bond acceptors (Lipinski definition) is 7.